The van der Waals surface area contributed by atoms with Crippen LogP contribution in [0.15, 0.2) is 4.79 Å². The zero-order chi connectivity index (χ0) is 6.85. The van der Waals surface area contributed by atoms with Crippen LogP contribution in [0.25, 0.3) is 0 Å². The number of hydrogen-bond donors (Lipinski definition) is 3. The van der Waals surface area contributed by atoms with Gasteiger partial charge in [-0.3, -0.25) is 15.0 Å². The van der Waals surface area contributed by atoms with Crippen LogP contribution in [0.5, 0.6) is 0 Å². The summed E-state index contributed by atoms with van der Waals surface area (Å²) < 4.78 is 0. The van der Waals surface area contributed by atoms with E-state index in [9.17, 15) is 9.59 Å². The summed E-state index contributed by atoms with van der Waals surface area (Å²) in [7, 11) is 0. The third-order valence-electron chi connectivity index (χ3n) is 0.753. The topological polar surface area (TPSA) is 85.9 Å². The SMILES string of the molecule is O=C(O)c1[c]c(=O)[nH][nH]1. The van der Waals surface area contributed by atoms with Gasteiger partial charge in [0.05, 0.1) is 6.07 Å². The monoisotopic (exact) mass is 127 g/mol. The van der Waals surface area contributed by atoms with Crippen LogP contribution in [0, 0.1) is 6.07 Å². The van der Waals surface area contributed by atoms with Crippen LogP contribution in [0.1, 0.15) is 10.5 Å². The number of rotatable bonds is 1. The predicted molar refractivity (Wildman–Crippen MR) is 27.2 cm³/mol. The number of carboxylic acids is 1. The Hall–Kier alpha value is -1.52. The summed E-state index contributed by atoms with van der Waals surface area (Å²) in [5, 5.41) is 12.3. The number of aromatic nitrogens is 2. The first kappa shape index (κ1) is 5.61. The van der Waals surface area contributed by atoms with Crippen LogP contribution < -0.4 is 5.56 Å². The summed E-state index contributed by atoms with van der Waals surface area (Å²) in [6.45, 7) is 0. The Balaban J connectivity index is 3.12. The quantitative estimate of drug-likeness (QED) is 0.461. The Labute approximate surface area is 49.3 Å². The van der Waals surface area contributed by atoms with E-state index >= 15 is 0 Å². The highest BCUT2D eigenvalue weighted by Gasteiger charge is 2.03. The smallest absolute Gasteiger partial charge is 0.354 e. The van der Waals surface area contributed by atoms with E-state index < -0.39 is 11.5 Å². The van der Waals surface area contributed by atoms with Gasteiger partial charge in [0.2, 0.25) is 0 Å². The first-order valence-electron chi connectivity index (χ1n) is 2.13. The van der Waals surface area contributed by atoms with Crippen molar-refractivity contribution in [3.8, 4) is 0 Å². The third kappa shape index (κ3) is 0.987. The van der Waals surface area contributed by atoms with Crippen molar-refractivity contribution < 1.29 is 9.90 Å². The summed E-state index contributed by atoms with van der Waals surface area (Å²) in [5.41, 5.74) is -0.813. The lowest BCUT2D eigenvalue weighted by molar-refractivity contribution is 0.0690. The van der Waals surface area contributed by atoms with Gasteiger partial charge in [-0.05, 0) is 0 Å². The fourth-order valence-corrected chi connectivity index (χ4v) is 0.402. The molecule has 0 fully saturated rings. The maximum atomic E-state index is 10.2. The van der Waals surface area contributed by atoms with Gasteiger partial charge >= 0.3 is 5.97 Å². The van der Waals surface area contributed by atoms with E-state index in [1.54, 1.807) is 0 Å². The largest absolute Gasteiger partial charge is 0.477 e. The standard InChI is InChI=1S/C4H3N2O3/c7-3-1-2(4(8)9)5-6-3/h(H,8,9)(H2,5,6,7). The number of nitrogens with one attached hydrogen (secondary N) is 2. The fraction of sp³-hybridized carbons (Fsp3) is 0. The first-order valence-corrected chi connectivity index (χ1v) is 2.13. The predicted octanol–water partition coefficient (Wildman–Crippen LogP) is -0.799. The molecule has 0 aliphatic rings. The van der Waals surface area contributed by atoms with Gasteiger partial charge in [-0.1, -0.05) is 0 Å². The molecule has 1 radical (unpaired) electrons. The van der Waals surface area contributed by atoms with Crippen molar-refractivity contribution in [1.29, 1.82) is 0 Å². The Bertz CT molecular complexity index is 271. The zero-order valence-electron chi connectivity index (χ0n) is 4.26. The van der Waals surface area contributed by atoms with Crippen LogP contribution >= 0.6 is 0 Å². The van der Waals surface area contributed by atoms with Crippen LogP contribution in [-0.4, -0.2) is 21.3 Å². The molecule has 0 saturated heterocycles. The summed E-state index contributed by atoms with van der Waals surface area (Å²) in [5.74, 6) is -1.20. The molecule has 1 heterocycles. The average molecular weight is 127 g/mol. The van der Waals surface area contributed by atoms with Crippen molar-refractivity contribution in [2.75, 3.05) is 0 Å². The maximum Gasteiger partial charge on any atom is 0.354 e. The Morgan fingerprint density at radius 3 is 2.44 bits per heavy atom. The number of carboxylic acid groups (broad SMARTS) is 1. The molecule has 0 aliphatic heterocycles. The van der Waals surface area contributed by atoms with Crippen molar-refractivity contribution in [3.63, 3.8) is 0 Å². The van der Waals surface area contributed by atoms with E-state index in [-0.39, 0.29) is 5.69 Å². The lowest BCUT2D eigenvalue weighted by Gasteiger charge is -1.78. The molecule has 5 heteroatoms. The van der Waals surface area contributed by atoms with Crippen molar-refractivity contribution in [2.24, 2.45) is 0 Å². The van der Waals surface area contributed by atoms with Gasteiger partial charge in [0.1, 0.15) is 0 Å². The first-order chi connectivity index (χ1) is 4.20. The Morgan fingerprint density at radius 1 is 1.56 bits per heavy atom. The highest BCUT2D eigenvalue weighted by atomic mass is 16.4. The second-order valence-electron chi connectivity index (χ2n) is 1.38. The number of carbonyl (C=O) groups is 1. The van der Waals surface area contributed by atoms with E-state index in [1.165, 1.54) is 0 Å². The molecule has 0 bridgehead atoms. The summed E-state index contributed by atoms with van der Waals surface area (Å²) in [6.07, 6.45) is 0. The van der Waals surface area contributed by atoms with Gasteiger partial charge in [-0.2, -0.15) is 0 Å². The van der Waals surface area contributed by atoms with Crippen LogP contribution in [0.4, 0.5) is 0 Å². The normalized spacial score (nSPS) is 9.33. The zero-order valence-corrected chi connectivity index (χ0v) is 4.26. The molecule has 0 aromatic carbocycles. The molecule has 1 aromatic rings. The molecule has 5 nitrogen and oxygen atoms in total. The molecule has 9 heavy (non-hydrogen) atoms. The van der Waals surface area contributed by atoms with Gasteiger partial charge in [-0.15, -0.1) is 0 Å². The summed E-state index contributed by atoms with van der Waals surface area (Å²) >= 11 is 0. The average Bonchev–Trinajstić information content (AvgIpc) is 2.14. The van der Waals surface area contributed by atoms with E-state index in [0.717, 1.165) is 0 Å². The molecule has 1 aromatic heterocycles. The lowest BCUT2D eigenvalue weighted by Crippen LogP contribution is -1.97. The maximum absolute atomic E-state index is 10.2. The van der Waals surface area contributed by atoms with Gasteiger partial charge in [0.25, 0.3) is 5.56 Å². The molecule has 1 rings (SSSR count). The second-order valence-corrected chi connectivity index (χ2v) is 1.38. The van der Waals surface area contributed by atoms with Gasteiger partial charge in [0.15, 0.2) is 5.69 Å². The molecule has 3 N–H and O–H groups in total. The molecule has 0 amide bonds. The van der Waals surface area contributed by atoms with Gasteiger partial charge in [0, 0.05) is 0 Å². The number of aromatic carboxylic acids is 1. The third-order valence-corrected chi connectivity index (χ3v) is 0.753. The Morgan fingerprint density at radius 2 is 2.22 bits per heavy atom. The van der Waals surface area contributed by atoms with E-state index in [2.05, 4.69) is 5.10 Å². The highest BCUT2D eigenvalue weighted by Crippen LogP contribution is 1.82. The number of hydrogen-bond acceptors (Lipinski definition) is 2. The lowest BCUT2D eigenvalue weighted by atomic mass is 10.4. The molecule has 0 atom stereocenters. The summed E-state index contributed by atoms with van der Waals surface area (Å²) in [6, 6.07) is 2.01. The van der Waals surface area contributed by atoms with Crippen LogP contribution in [-0.2, 0) is 0 Å². The number of H-pyrrole nitrogens is 2. The van der Waals surface area contributed by atoms with Crippen molar-refractivity contribution in [2.45, 2.75) is 0 Å². The minimum absolute atomic E-state index is 0.250. The molecule has 0 spiro atoms. The Kier molecular flexibility index (Phi) is 1.11. The van der Waals surface area contributed by atoms with E-state index in [1.807, 2.05) is 11.2 Å². The van der Waals surface area contributed by atoms with Crippen molar-refractivity contribution in [3.05, 3.63) is 22.1 Å². The molecule has 0 unspecified atom stereocenters. The van der Waals surface area contributed by atoms with Gasteiger partial charge < -0.3 is 5.11 Å². The van der Waals surface area contributed by atoms with E-state index in [0.29, 0.717) is 0 Å². The highest BCUT2D eigenvalue weighted by molar-refractivity contribution is 5.84. The molecule has 0 saturated carbocycles. The fourth-order valence-electron chi connectivity index (χ4n) is 0.402. The minimum Gasteiger partial charge on any atom is -0.477 e. The van der Waals surface area contributed by atoms with Crippen LogP contribution in [0.3, 0.4) is 0 Å². The van der Waals surface area contributed by atoms with E-state index in [4.69, 9.17) is 5.11 Å². The summed E-state index contributed by atoms with van der Waals surface area (Å²) in [4.78, 5) is 20.2. The molecule has 0 aliphatic carbocycles. The van der Waals surface area contributed by atoms with Crippen LogP contribution in [0.2, 0.25) is 0 Å². The number of aromatic amines is 2. The molecular weight excluding hydrogens is 124 g/mol. The second kappa shape index (κ2) is 1.77. The minimum atomic E-state index is -1.20. The molecule has 47 valence electrons. The van der Waals surface area contributed by atoms with Gasteiger partial charge in [-0.25, -0.2) is 4.79 Å². The van der Waals surface area contributed by atoms with Crippen molar-refractivity contribution in [1.82, 2.24) is 10.2 Å². The molecular formula is C4H3N2O3. The van der Waals surface area contributed by atoms with Crippen molar-refractivity contribution >= 4 is 5.97 Å².